The Morgan fingerprint density at radius 1 is 0.531 bits per heavy atom. The molecule has 32 heavy (non-hydrogen) atoms. The number of rotatable bonds is 10. The van der Waals surface area contributed by atoms with Gasteiger partial charge in [0.25, 0.3) is 0 Å². The molecule has 18 heteroatoms. The molecule has 0 bridgehead atoms. The summed E-state index contributed by atoms with van der Waals surface area (Å²) in [6.45, 7) is -0.278. The summed E-state index contributed by atoms with van der Waals surface area (Å²) in [4.78, 5) is 68.9. The van der Waals surface area contributed by atoms with Crippen LogP contribution >= 0.6 is 0 Å². The summed E-state index contributed by atoms with van der Waals surface area (Å²) in [5.74, 6) is -6.72. The Balaban J connectivity index is -0.000000167. The summed E-state index contributed by atoms with van der Waals surface area (Å²) in [6.07, 6.45) is -0.931. The number of aliphatic carboxylic acids is 4. The summed E-state index contributed by atoms with van der Waals surface area (Å²) in [6, 6.07) is -3.49. The summed E-state index contributed by atoms with van der Waals surface area (Å²) in [5.41, 5.74) is 33.3. The second kappa shape index (κ2) is 20.4. The van der Waals surface area contributed by atoms with Crippen LogP contribution in [0.15, 0.2) is 0 Å². The fourth-order valence-corrected chi connectivity index (χ4v) is 0.912. The highest BCUT2D eigenvalue weighted by atomic mass is 16.4. The molecule has 0 aliphatic heterocycles. The Labute approximate surface area is 180 Å². The molecular weight excluding hydrogens is 442 g/mol. The number of hydrogen-bond acceptors (Lipinski definition) is 11. The van der Waals surface area contributed by atoms with E-state index in [0.717, 1.165) is 0 Å². The zero-order valence-electron chi connectivity index (χ0n) is 16.7. The maximum atomic E-state index is 9.99. The van der Waals surface area contributed by atoms with Gasteiger partial charge in [-0.15, -0.1) is 0 Å². The maximum absolute atomic E-state index is 9.99. The minimum atomic E-state index is -1.21. The lowest BCUT2D eigenvalue weighted by molar-refractivity contribution is -0.140. The van der Waals surface area contributed by atoms with E-state index in [1.807, 2.05) is 0 Å². The number of carbonyl (C=O) groups excluding carboxylic acids is 3. The number of carbonyl (C=O) groups is 7. The standard InChI is InChI=1S/3C4H8N2O3.C2H5NO2/c3*5-2(4(8)9)1-3(6)7;3-1-2(4)5/h3*2H,1,5H2,(H2,6,7)(H,8,9);1,3H2,(H,4,5). The molecular formula is C14H29N7O11. The molecule has 0 saturated carbocycles. The van der Waals surface area contributed by atoms with Crippen molar-refractivity contribution >= 4 is 41.6 Å². The average Bonchev–Trinajstić information content (AvgIpc) is 2.61. The number of carboxylic acid groups (broad SMARTS) is 4. The molecule has 0 aliphatic rings. The van der Waals surface area contributed by atoms with E-state index in [-0.39, 0.29) is 25.8 Å². The van der Waals surface area contributed by atoms with Crippen LogP contribution in [0.1, 0.15) is 19.3 Å². The molecule has 3 atom stereocenters. The van der Waals surface area contributed by atoms with Crippen LogP contribution in [0.5, 0.6) is 0 Å². The first kappa shape index (κ1) is 35.6. The average molecular weight is 471 g/mol. The van der Waals surface area contributed by atoms with E-state index < -0.39 is 59.7 Å². The van der Waals surface area contributed by atoms with E-state index in [2.05, 4.69) is 22.9 Å². The van der Waals surface area contributed by atoms with Gasteiger partial charge in [-0.3, -0.25) is 33.6 Å². The van der Waals surface area contributed by atoms with E-state index in [0.29, 0.717) is 0 Å². The highest BCUT2D eigenvalue weighted by molar-refractivity contribution is 5.84. The van der Waals surface area contributed by atoms with Gasteiger partial charge in [0.2, 0.25) is 17.7 Å². The van der Waals surface area contributed by atoms with Crippen molar-refractivity contribution in [2.75, 3.05) is 6.54 Å². The number of amides is 3. The highest BCUT2D eigenvalue weighted by Gasteiger charge is 2.14. The molecule has 0 aromatic rings. The number of carboxylic acids is 4. The molecule has 0 radical (unpaired) electrons. The van der Waals surface area contributed by atoms with Crippen molar-refractivity contribution in [3.63, 3.8) is 0 Å². The Bertz CT molecular complexity index is 581. The quantitative estimate of drug-likeness (QED) is 0.141. The van der Waals surface area contributed by atoms with Gasteiger partial charge in [-0.1, -0.05) is 0 Å². The van der Waals surface area contributed by atoms with Crippen LogP contribution in [0.4, 0.5) is 0 Å². The predicted molar refractivity (Wildman–Crippen MR) is 105 cm³/mol. The topological polar surface area (TPSA) is 383 Å². The van der Waals surface area contributed by atoms with Crippen molar-refractivity contribution in [3.05, 3.63) is 0 Å². The highest BCUT2D eigenvalue weighted by Crippen LogP contribution is 1.85. The Morgan fingerprint density at radius 3 is 0.719 bits per heavy atom. The van der Waals surface area contributed by atoms with Gasteiger partial charge in [0.1, 0.15) is 18.1 Å². The summed E-state index contributed by atoms with van der Waals surface area (Å²) in [5, 5.41) is 31.9. The lowest BCUT2D eigenvalue weighted by atomic mass is 10.2. The Kier molecular flexibility index (Phi) is 22.7. The number of nitrogens with two attached hydrogens (primary N) is 7. The normalized spacial score (nSPS) is 11.8. The molecule has 0 aromatic heterocycles. The first-order chi connectivity index (χ1) is 14.4. The number of hydrogen-bond donors (Lipinski definition) is 11. The third kappa shape index (κ3) is 33.7. The zero-order valence-corrected chi connectivity index (χ0v) is 16.7. The first-order valence-corrected chi connectivity index (χ1v) is 8.10. The SMILES string of the molecule is NC(=O)CC(N)C(=O)O.NC(=O)CC(N)C(=O)O.NC(=O)CC(N)C(=O)O.NCC(=O)O. The molecule has 0 spiro atoms. The minimum Gasteiger partial charge on any atom is -0.480 e. The Hall–Kier alpha value is -3.87. The van der Waals surface area contributed by atoms with Crippen LogP contribution in [-0.4, -0.2) is 86.7 Å². The lowest BCUT2D eigenvalue weighted by Gasteiger charge is -1.99. The van der Waals surface area contributed by atoms with E-state index in [1.165, 1.54) is 0 Å². The third-order valence-corrected chi connectivity index (χ3v) is 2.39. The molecule has 3 unspecified atom stereocenters. The molecule has 18 nitrogen and oxygen atoms in total. The zero-order chi connectivity index (χ0) is 26.6. The van der Waals surface area contributed by atoms with E-state index in [4.69, 9.17) is 37.6 Å². The summed E-state index contributed by atoms with van der Waals surface area (Å²) >= 11 is 0. The van der Waals surface area contributed by atoms with Crippen molar-refractivity contribution < 1.29 is 54.0 Å². The van der Waals surface area contributed by atoms with Crippen molar-refractivity contribution in [2.24, 2.45) is 40.1 Å². The molecule has 0 fully saturated rings. The van der Waals surface area contributed by atoms with Crippen LogP contribution < -0.4 is 40.1 Å². The molecule has 0 rings (SSSR count). The first-order valence-electron chi connectivity index (χ1n) is 8.10. The van der Waals surface area contributed by atoms with Gasteiger partial charge in [-0.25, -0.2) is 0 Å². The molecule has 3 amide bonds. The van der Waals surface area contributed by atoms with Crippen LogP contribution in [0.3, 0.4) is 0 Å². The van der Waals surface area contributed by atoms with Gasteiger partial charge in [-0.05, 0) is 0 Å². The molecule has 0 heterocycles. The van der Waals surface area contributed by atoms with E-state index in [1.54, 1.807) is 0 Å². The molecule has 0 saturated heterocycles. The van der Waals surface area contributed by atoms with Gasteiger partial charge >= 0.3 is 23.9 Å². The fraction of sp³-hybridized carbons (Fsp3) is 0.500. The van der Waals surface area contributed by atoms with Crippen molar-refractivity contribution in [2.45, 2.75) is 37.4 Å². The predicted octanol–water partition coefficient (Wildman–Crippen LogP) is -6.15. The third-order valence-electron chi connectivity index (χ3n) is 2.39. The molecule has 186 valence electrons. The van der Waals surface area contributed by atoms with Gasteiger partial charge < -0.3 is 60.6 Å². The maximum Gasteiger partial charge on any atom is 0.321 e. The molecule has 0 aliphatic carbocycles. The molecule has 18 N–H and O–H groups in total. The lowest BCUT2D eigenvalue weighted by Crippen LogP contribution is -2.34. The molecule has 0 aromatic carbocycles. The van der Waals surface area contributed by atoms with Crippen molar-refractivity contribution in [1.29, 1.82) is 0 Å². The minimum absolute atomic E-state index is 0.278. The second-order valence-electron chi connectivity index (χ2n) is 5.44. The smallest absolute Gasteiger partial charge is 0.321 e. The van der Waals surface area contributed by atoms with Gasteiger partial charge in [0, 0.05) is 0 Å². The van der Waals surface area contributed by atoms with Crippen molar-refractivity contribution in [3.8, 4) is 0 Å². The van der Waals surface area contributed by atoms with E-state index in [9.17, 15) is 33.6 Å². The van der Waals surface area contributed by atoms with E-state index >= 15 is 0 Å². The van der Waals surface area contributed by atoms with Crippen LogP contribution in [0.25, 0.3) is 0 Å². The van der Waals surface area contributed by atoms with Gasteiger partial charge in [-0.2, -0.15) is 0 Å². The van der Waals surface area contributed by atoms with Crippen LogP contribution in [-0.2, 0) is 33.6 Å². The fourth-order valence-electron chi connectivity index (χ4n) is 0.912. The largest absolute Gasteiger partial charge is 0.480 e. The summed E-state index contributed by atoms with van der Waals surface area (Å²) < 4.78 is 0. The number of primary amides is 3. The van der Waals surface area contributed by atoms with Crippen LogP contribution in [0, 0.1) is 0 Å². The monoisotopic (exact) mass is 471 g/mol. The summed E-state index contributed by atoms with van der Waals surface area (Å²) in [7, 11) is 0. The van der Waals surface area contributed by atoms with Crippen LogP contribution in [0.2, 0.25) is 0 Å². The Morgan fingerprint density at radius 2 is 0.688 bits per heavy atom. The van der Waals surface area contributed by atoms with Gasteiger partial charge in [0.05, 0.1) is 25.8 Å². The van der Waals surface area contributed by atoms with Crippen molar-refractivity contribution in [1.82, 2.24) is 0 Å². The second-order valence-corrected chi connectivity index (χ2v) is 5.44. The van der Waals surface area contributed by atoms with Gasteiger partial charge in [0.15, 0.2) is 0 Å².